The molecular formula is C14H18F3NO2S. The summed E-state index contributed by atoms with van der Waals surface area (Å²) in [6.07, 6.45) is -3.54. The average Bonchev–Trinajstić information content (AvgIpc) is 2.38. The van der Waals surface area contributed by atoms with E-state index in [4.69, 9.17) is 0 Å². The van der Waals surface area contributed by atoms with Crippen LogP contribution in [0.4, 0.5) is 13.2 Å². The van der Waals surface area contributed by atoms with Crippen molar-refractivity contribution in [1.82, 2.24) is 4.72 Å². The van der Waals surface area contributed by atoms with Gasteiger partial charge in [0.15, 0.2) is 0 Å². The lowest BCUT2D eigenvalue weighted by Crippen LogP contribution is -2.41. The van der Waals surface area contributed by atoms with E-state index in [1.165, 1.54) is 12.1 Å². The van der Waals surface area contributed by atoms with E-state index < -0.39 is 28.2 Å². The minimum atomic E-state index is -4.26. The van der Waals surface area contributed by atoms with Crippen LogP contribution in [-0.2, 0) is 10.0 Å². The Bertz CT molecular complexity index is 581. The highest BCUT2D eigenvalue weighted by molar-refractivity contribution is 7.89. The maximum Gasteiger partial charge on any atom is 0.391 e. The van der Waals surface area contributed by atoms with Crippen molar-refractivity contribution in [1.29, 1.82) is 0 Å². The Morgan fingerprint density at radius 1 is 1.14 bits per heavy atom. The molecule has 0 radical (unpaired) electrons. The van der Waals surface area contributed by atoms with Crippen LogP contribution < -0.4 is 4.72 Å². The summed E-state index contributed by atoms with van der Waals surface area (Å²) in [5.74, 6) is -1.42. The van der Waals surface area contributed by atoms with Crippen LogP contribution in [0.5, 0.6) is 0 Å². The summed E-state index contributed by atoms with van der Waals surface area (Å²) in [5, 5.41) is 0. The molecule has 21 heavy (non-hydrogen) atoms. The number of halogens is 3. The van der Waals surface area contributed by atoms with Gasteiger partial charge in [-0.2, -0.15) is 13.2 Å². The second-order valence-electron chi connectivity index (χ2n) is 5.54. The van der Waals surface area contributed by atoms with Crippen molar-refractivity contribution in [2.45, 2.75) is 49.7 Å². The molecule has 1 aromatic carbocycles. The molecule has 0 bridgehead atoms. The molecular weight excluding hydrogens is 303 g/mol. The fourth-order valence-electron chi connectivity index (χ4n) is 2.60. The van der Waals surface area contributed by atoms with Gasteiger partial charge in [0.25, 0.3) is 0 Å². The van der Waals surface area contributed by atoms with Gasteiger partial charge in [-0.3, -0.25) is 0 Å². The zero-order valence-electron chi connectivity index (χ0n) is 11.7. The fraction of sp³-hybridized carbons (Fsp3) is 0.571. The number of alkyl halides is 3. The molecule has 1 saturated carbocycles. The molecule has 1 fully saturated rings. The molecule has 0 amide bonds. The Morgan fingerprint density at radius 2 is 1.76 bits per heavy atom. The number of aryl methyl sites for hydroxylation is 1. The molecule has 1 N–H and O–H groups in total. The summed E-state index contributed by atoms with van der Waals surface area (Å²) in [4.78, 5) is 0.0854. The third-order valence-electron chi connectivity index (χ3n) is 3.79. The van der Waals surface area contributed by atoms with Gasteiger partial charge in [0.1, 0.15) is 0 Å². The number of hydrogen-bond acceptors (Lipinski definition) is 2. The topological polar surface area (TPSA) is 46.2 Å². The van der Waals surface area contributed by atoms with Gasteiger partial charge in [0.05, 0.1) is 10.8 Å². The lowest BCUT2D eigenvalue weighted by Gasteiger charge is -2.30. The Hall–Kier alpha value is -1.08. The van der Waals surface area contributed by atoms with Gasteiger partial charge in [0, 0.05) is 6.04 Å². The van der Waals surface area contributed by atoms with Gasteiger partial charge in [-0.05, 0) is 38.3 Å². The molecule has 0 aliphatic heterocycles. The van der Waals surface area contributed by atoms with Crippen molar-refractivity contribution in [2.75, 3.05) is 0 Å². The predicted molar refractivity (Wildman–Crippen MR) is 73.3 cm³/mol. The normalized spacial score (nSPS) is 24.0. The summed E-state index contributed by atoms with van der Waals surface area (Å²) in [6.45, 7) is 1.83. The zero-order chi connectivity index (χ0) is 15.7. The van der Waals surface area contributed by atoms with E-state index in [9.17, 15) is 21.6 Å². The van der Waals surface area contributed by atoms with Crippen molar-refractivity contribution < 1.29 is 21.6 Å². The van der Waals surface area contributed by atoms with Gasteiger partial charge < -0.3 is 0 Å². The molecule has 0 saturated heterocycles. The zero-order valence-corrected chi connectivity index (χ0v) is 12.5. The Balaban J connectivity index is 2.08. The largest absolute Gasteiger partial charge is 0.391 e. The summed E-state index contributed by atoms with van der Waals surface area (Å²) >= 11 is 0. The van der Waals surface area contributed by atoms with Crippen LogP contribution in [0.25, 0.3) is 0 Å². The molecule has 1 aliphatic rings. The minimum Gasteiger partial charge on any atom is -0.208 e. The molecule has 3 nitrogen and oxygen atoms in total. The van der Waals surface area contributed by atoms with Crippen LogP contribution in [-0.4, -0.2) is 20.6 Å². The molecule has 7 heteroatoms. The molecule has 1 aromatic rings. The molecule has 0 heterocycles. The first-order chi connectivity index (χ1) is 9.68. The Morgan fingerprint density at radius 3 is 2.33 bits per heavy atom. The highest BCUT2D eigenvalue weighted by atomic mass is 32.2. The van der Waals surface area contributed by atoms with Gasteiger partial charge in [-0.15, -0.1) is 0 Å². The average molecular weight is 321 g/mol. The van der Waals surface area contributed by atoms with E-state index in [1.54, 1.807) is 12.1 Å². The maximum atomic E-state index is 12.7. The Labute approximate surface area is 122 Å². The molecule has 1 aliphatic carbocycles. The molecule has 2 rings (SSSR count). The number of hydrogen-bond donors (Lipinski definition) is 1. The second-order valence-corrected chi connectivity index (χ2v) is 7.25. The minimum absolute atomic E-state index is 0.0757. The number of rotatable bonds is 3. The van der Waals surface area contributed by atoms with Crippen LogP contribution in [0.15, 0.2) is 29.2 Å². The molecule has 0 aromatic heterocycles. The quantitative estimate of drug-likeness (QED) is 0.927. The van der Waals surface area contributed by atoms with E-state index in [0.717, 1.165) is 5.56 Å². The van der Waals surface area contributed by atoms with Crippen LogP contribution in [0, 0.1) is 12.8 Å². The molecule has 0 unspecified atom stereocenters. The highest BCUT2D eigenvalue weighted by Gasteiger charge is 2.42. The van der Waals surface area contributed by atoms with Crippen LogP contribution in [0.3, 0.4) is 0 Å². The van der Waals surface area contributed by atoms with E-state index in [-0.39, 0.29) is 17.7 Å². The van der Waals surface area contributed by atoms with Gasteiger partial charge in [0.2, 0.25) is 10.0 Å². The maximum absolute atomic E-state index is 12.7. The van der Waals surface area contributed by atoms with Gasteiger partial charge in [-0.1, -0.05) is 24.1 Å². The van der Waals surface area contributed by atoms with Crippen LogP contribution in [0.2, 0.25) is 0 Å². The van der Waals surface area contributed by atoms with Crippen molar-refractivity contribution in [2.24, 2.45) is 5.92 Å². The molecule has 2 atom stereocenters. The standard InChI is InChI=1S/C14H18F3NO2S/c1-10-5-7-13(8-6-10)21(19,20)18-12-4-2-3-11(9-12)14(15,16)17/h5-8,11-12,18H,2-4,9H2,1H3/t11-,12-/m0/s1. The smallest absolute Gasteiger partial charge is 0.208 e. The van der Waals surface area contributed by atoms with E-state index >= 15 is 0 Å². The summed E-state index contributed by atoms with van der Waals surface area (Å²) in [5.41, 5.74) is 0.920. The van der Waals surface area contributed by atoms with Crippen molar-refractivity contribution in [3.63, 3.8) is 0 Å². The summed E-state index contributed by atoms with van der Waals surface area (Å²) in [7, 11) is -3.76. The number of sulfonamides is 1. The highest BCUT2D eigenvalue weighted by Crippen LogP contribution is 2.37. The van der Waals surface area contributed by atoms with Crippen molar-refractivity contribution >= 4 is 10.0 Å². The number of benzene rings is 1. The van der Waals surface area contributed by atoms with Crippen molar-refractivity contribution in [3.05, 3.63) is 29.8 Å². The molecule has 118 valence electrons. The van der Waals surface area contributed by atoms with Crippen molar-refractivity contribution in [3.8, 4) is 0 Å². The van der Waals surface area contributed by atoms with E-state index in [2.05, 4.69) is 4.72 Å². The van der Waals surface area contributed by atoms with Crippen LogP contribution in [0.1, 0.15) is 31.2 Å². The van der Waals surface area contributed by atoms with Gasteiger partial charge >= 0.3 is 6.18 Å². The predicted octanol–water partition coefficient (Wildman–Crippen LogP) is 3.39. The second kappa shape index (κ2) is 5.96. The van der Waals surface area contributed by atoms with Gasteiger partial charge in [-0.25, -0.2) is 13.1 Å². The third-order valence-corrected chi connectivity index (χ3v) is 5.33. The lowest BCUT2D eigenvalue weighted by molar-refractivity contribution is -0.183. The number of nitrogens with one attached hydrogen (secondary N) is 1. The third kappa shape index (κ3) is 4.20. The first-order valence-corrected chi connectivity index (χ1v) is 8.32. The first kappa shape index (κ1) is 16.3. The molecule has 0 spiro atoms. The van der Waals surface area contributed by atoms with Crippen LogP contribution >= 0.6 is 0 Å². The summed E-state index contributed by atoms with van der Waals surface area (Å²) < 4.78 is 65.0. The fourth-order valence-corrected chi connectivity index (χ4v) is 3.88. The van der Waals surface area contributed by atoms with E-state index in [1.807, 2.05) is 6.92 Å². The Kier molecular flexibility index (Phi) is 4.63. The first-order valence-electron chi connectivity index (χ1n) is 6.84. The SMILES string of the molecule is Cc1ccc(S(=O)(=O)N[C@H]2CCC[C@H](C(F)(F)F)C2)cc1. The monoisotopic (exact) mass is 321 g/mol. The lowest BCUT2D eigenvalue weighted by atomic mass is 9.86. The van der Waals surface area contributed by atoms with E-state index in [0.29, 0.717) is 12.8 Å². The summed E-state index contributed by atoms with van der Waals surface area (Å²) in [6, 6.07) is 5.59.